The van der Waals surface area contributed by atoms with Gasteiger partial charge in [-0.25, -0.2) is 18.1 Å². The molecule has 10 heteroatoms. The Morgan fingerprint density at radius 2 is 1.61 bits per heavy atom. The average Bonchev–Trinajstić information content (AvgIpc) is 2.90. The largest absolute Gasteiger partial charge is 0.497 e. The quantitative estimate of drug-likeness (QED) is 0.327. The normalized spacial score (nSPS) is 18.2. The second kappa shape index (κ2) is 11.7. The van der Waals surface area contributed by atoms with Crippen LogP contribution in [0.1, 0.15) is 46.5 Å². The van der Waals surface area contributed by atoms with Crippen molar-refractivity contribution in [2.24, 2.45) is 11.8 Å². The van der Waals surface area contributed by atoms with Gasteiger partial charge in [-0.1, -0.05) is 12.1 Å². The Hall–Kier alpha value is -3.11. The van der Waals surface area contributed by atoms with Gasteiger partial charge in [0.25, 0.3) is 0 Å². The number of aromatic nitrogens is 2. The second-order valence-corrected chi connectivity index (χ2v) is 12.7. The lowest BCUT2D eigenvalue weighted by atomic mass is 9.82. The maximum absolute atomic E-state index is 13.0. The highest BCUT2D eigenvalue weighted by molar-refractivity contribution is 7.89. The first-order chi connectivity index (χ1) is 18.1. The van der Waals surface area contributed by atoms with Crippen LogP contribution in [-0.2, 0) is 10.0 Å². The van der Waals surface area contributed by atoms with E-state index in [1.807, 2.05) is 24.3 Å². The number of nitrogens with zero attached hydrogens (tertiary/aromatic N) is 2. The average molecular weight is 542 g/mol. The molecular formula is C28H39N5O4S. The van der Waals surface area contributed by atoms with E-state index >= 15 is 0 Å². The van der Waals surface area contributed by atoms with Gasteiger partial charge in [-0.05, 0) is 82.6 Å². The summed E-state index contributed by atoms with van der Waals surface area (Å²) in [5, 5.41) is 7.95. The molecule has 3 aromatic rings. The van der Waals surface area contributed by atoms with Crippen molar-refractivity contribution in [3.8, 4) is 11.5 Å². The standard InChI is InChI=1S/C28H39N5O4S/c1-28(2,3)33-26-22-8-6-7-9-23(22)31-27(32-26)29-17-19-10-12-20(13-11-19)18-30-38(34,35)25-16-21(36-4)14-15-24(25)37-5/h6-9,14-16,19-20,30H,10-13,17-18H2,1-5H3,(H2,29,31,32,33). The molecule has 1 aliphatic carbocycles. The van der Waals surface area contributed by atoms with Crippen LogP contribution in [0.15, 0.2) is 47.4 Å². The van der Waals surface area contributed by atoms with Crippen LogP contribution >= 0.6 is 0 Å². The van der Waals surface area contributed by atoms with Crippen molar-refractivity contribution in [1.82, 2.24) is 14.7 Å². The zero-order valence-corrected chi connectivity index (χ0v) is 23.7. The predicted molar refractivity (Wildman–Crippen MR) is 152 cm³/mol. The summed E-state index contributed by atoms with van der Waals surface area (Å²) in [6.45, 7) is 7.53. The van der Waals surface area contributed by atoms with Crippen molar-refractivity contribution in [2.45, 2.75) is 56.9 Å². The lowest BCUT2D eigenvalue weighted by Crippen LogP contribution is -2.32. The predicted octanol–water partition coefficient (Wildman–Crippen LogP) is 5.05. The first kappa shape index (κ1) is 27.9. The molecule has 1 fully saturated rings. The third-order valence-electron chi connectivity index (χ3n) is 6.83. The fourth-order valence-electron chi connectivity index (χ4n) is 4.78. The molecule has 1 heterocycles. The summed E-state index contributed by atoms with van der Waals surface area (Å²) in [7, 11) is -0.754. The Kier molecular flexibility index (Phi) is 8.62. The Labute approximate surface area is 225 Å². The summed E-state index contributed by atoms with van der Waals surface area (Å²) >= 11 is 0. The zero-order valence-electron chi connectivity index (χ0n) is 22.9. The molecule has 38 heavy (non-hydrogen) atoms. The van der Waals surface area contributed by atoms with Crippen molar-refractivity contribution in [3.05, 3.63) is 42.5 Å². The monoisotopic (exact) mass is 541 g/mol. The Morgan fingerprint density at radius 1 is 0.921 bits per heavy atom. The van der Waals surface area contributed by atoms with Gasteiger partial charge in [0, 0.05) is 30.1 Å². The van der Waals surface area contributed by atoms with E-state index in [-0.39, 0.29) is 16.4 Å². The van der Waals surface area contributed by atoms with Gasteiger partial charge in [-0.3, -0.25) is 0 Å². The number of methoxy groups -OCH3 is 2. The van der Waals surface area contributed by atoms with Crippen LogP contribution in [0.25, 0.3) is 10.9 Å². The van der Waals surface area contributed by atoms with Crippen molar-refractivity contribution in [3.63, 3.8) is 0 Å². The molecule has 0 unspecified atom stereocenters. The molecule has 206 valence electrons. The molecule has 2 aromatic carbocycles. The summed E-state index contributed by atoms with van der Waals surface area (Å²) in [5.41, 5.74) is 0.784. The molecule has 4 rings (SSSR count). The van der Waals surface area contributed by atoms with Crippen molar-refractivity contribution in [2.75, 3.05) is 37.9 Å². The molecule has 0 saturated heterocycles. The molecule has 1 aliphatic rings. The second-order valence-electron chi connectivity index (χ2n) is 10.9. The number of rotatable bonds is 10. The Bertz CT molecular complexity index is 1350. The van der Waals surface area contributed by atoms with Crippen molar-refractivity contribution >= 4 is 32.7 Å². The highest BCUT2D eigenvalue weighted by Crippen LogP contribution is 2.31. The van der Waals surface area contributed by atoms with Gasteiger partial charge < -0.3 is 20.1 Å². The Balaban J connectivity index is 1.32. The first-order valence-corrected chi connectivity index (χ1v) is 14.6. The van der Waals surface area contributed by atoms with E-state index in [1.54, 1.807) is 12.1 Å². The van der Waals surface area contributed by atoms with E-state index in [1.165, 1.54) is 20.3 Å². The van der Waals surface area contributed by atoms with Crippen LogP contribution in [0.4, 0.5) is 11.8 Å². The van der Waals surface area contributed by atoms with Gasteiger partial charge in [-0.2, -0.15) is 4.98 Å². The minimum absolute atomic E-state index is 0.0907. The molecule has 0 radical (unpaired) electrons. The van der Waals surface area contributed by atoms with Crippen LogP contribution in [0.5, 0.6) is 11.5 Å². The number of anilines is 2. The maximum atomic E-state index is 13.0. The van der Waals surface area contributed by atoms with Gasteiger partial charge in [0.1, 0.15) is 22.2 Å². The van der Waals surface area contributed by atoms with E-state index in [2.05, 4.69) is 36.1 Å². The molecular weight excluding hydrogens is 502 g/mol. The van der Waals surface area contributed by atoms with E-state index in [9.17, 15) is 8.42 Å². The SMILES string of the molecule is COc1ccc(OC)c(S(=O)(=O)NCC2CCC(CNc3nc(NC(C)(C)C)c4ccccc4n3)CC2)c1. The molecule has 3 N–H and O–H groups in total. The molecule has 0 atom stereocenters. The summed E-state index contributed by atoms with van der Waals surface area (Å²) < 4.78 is 39.2. The minimum Gasteiger partial charge on any atom is -0.497 e. The van der Waals surface area contributed by atoms with Gasteiger partial charge in [0.2, 0.25) is 16.0 Å². The molecule has 0 aliphatic heterocycles. The fourth-order valence-corrected chi connectivity index (χ4v) is 6.08. The molecule has 0 amide bonds. The highest BCUT2D eigenvalue weighted by Gasteiger charge is 2.25. The lowest BCUT2D eigenvalue weighted by molar-refractivity contribution is 0.284. The molecule has 0 bridgehead atoms. The highest BCUT2D eigenvalue weighted by atomic mass is 32.2. The number of nitrogens with one attached hydrogen (secondary N) is 3. The van der Waals surface area contributed by atoms with Crippen molar-refractivity contribution < 1.29 is 17.9 Å². The summed E-state index contributed by atoms with van der Waals surface area (Å²) in [6, 6.07) is 12.8. The van der Waals surface area contributed by atoms with Crippen LogP contribution < -0.4 is 24.8 Å². The number of hydrogen-bond acceptors (Lipinski definition) is 8. The Morgan fingerprint density at radius 3 is 2.26 bits per heavy atom. The molecule has 9 nitrogen and oxygen atoms in total. The third kappa shape index (κ3) is 7.05. The van der Waals surface area contributed by atoms with E-state index < -0.39 is 10.0 Å². The van der Waals surface area contributed by atoms with Crippen molar-refractivity contribution in [1.29, 1.82) is 0 Å². The topological polar surface area (TPSA) is 114 Å². The number of benzene rings is 2. The van der Waals surface area contributed by atoms with Crippen LogP contribution in [0, 0.1) is 11.8 Å². The molecule has 1 aromatic heterocycles. The smallest absolute Gasteiger partial charge is 0.244 e. The van der Waals surface area contributed by atoms with Crippen LogP contribution in [0.3, 0.4) is 0 Å². The van der Waals surface area contributed by atoms with Gasteiger partial charge >= 0.3 is 0 Å². The number of para-hydroxylation sites is 1. The summed E-state index contributed by atoms with van der Waals surface area (Å²) in [5.74, 6) is 2.99. The van der Waals surface area contributed by atoms with Gasteiger partial charge in [0.15, 0.2) is 0 Å². The number of hydrogen-bond donors (Lipinski definition) is 3. The van der Waals surface area contributed by atoms with Crippen LogP contribution in [-0.4, -0.2) is 51.2 Å². The minimum atomic E-state index is -3.72. The lowest BCUT2D eigenvalue weighted by Gasteiger charge is -2.29. The van der Waals surface area contributed by atoms with E-state index in [0.29, 0.717) is 29.9 Å². The number of fused-ring (bicyclic) bond motifs is 1. The van der Waals surface area contributed by atoms with Gasteiger partial charge in [-0.15, -0.1) is 0 Å². The summed E-state index contributed by atoms with van der Waals surface area (Å²) in [6.07, 6.45) is 3.95. The summed E-state index contributed by atoms with van der Waals surface area (Å²) in [4.78, 5) is 9.58. The first-order valence-electron chi connectivity index (χ1n) is 13.1. The van der Waals surface area contributed by atoms with E-state index in [4.69, 9.17) is 19.4 Å². The van der Waals surface area contributed by atoms with Crippen LogP contribution in [0.2, 0.25) is 0 Å². The van der Waals surface area contributed by atoms with Gasteiger partial charge in [0.05, 0.1) is 19.7 Å². The van der Waals surface area contributed by atoms with E-state index in [0.717, 1.165) is 48.9 Å². The number of ether oxygens (including phenoxy) is 2. The fraction of sp³-hybridized carbons (Fsp3) is 0.500. The zero-order chi connectivity index (χ0) is 27.3. The maximum Gasteiger partial charge on any atom is 0.244 e. The molecule has 0 spiro atoms. The number of sulfonamides is 1. The third-order valence-corrected chi connectivity index (χ3v) is 8.28. The molecule has 1 saturated carbocycles.